The Morgan fingerprint density at radius 3 is 2.75 bits per heavy atom. The summed E-state index contributed by atoms with van der Waals surface area (Å²) in [4.78, 5) is 25.9. The lowest BCUT2D eigenvalue weighted by molar-refractivity contribution is -0.384. The number of halogens is 1. The molecule has 3 N–H and O–H groups in total. The van der Waals surface area contributed by atoms with Crippen molar-refractivity contribution in [3.8, 4) is 0 Å². The Kier molecular flexibility index (Phi) is 3.94. The summed E-state index contributed by atoms with van der Waals surface area (Å²) in [6, 6.07) is 5.54. The van der Waals surface area contributed by atoms with Crippen LogP contribution in [0.5, 0.6) is 0 Å². The fourth-order valence-electron chi connectivity index (χ4n) is 1.52. The van der Waals surface area contributed by atoms with Gasteiger partial charge in [-0.05, 0) is 28.1 Å². The normalized spacial score (nSPS) is 10.1. The van der Waals surface area contributed by atoms with Crippen molar-refractivity contribution in [3.63, 3.8) is 0 Å². The molecule has 20 heavy (non-hydrogen) atoms. The second kappa shape index (κ2) is 5.66. The zero-order valence-electron chi connectivity index (χ0n) is 10.0. The van der Waals surface area contributed by atoms with Gasteiger partial charge < -0.3 is 11.1 Å². The number of hydrogen-bond acceptors (Lipinski definition) is 5. The van der Waals surface area contributed by atoms with Gasteiger partial charge in [0.15, 0.2) is 0 Å². The molecule has 102 valence electrons. The van der Waals surface area contributed by atoms with Gasteiger partial charge in [0.2, 0.25) is 0 Å². The number of benzene rings is 1. The van der Waals surface area contributed by atoms with E-state index in [4.69, 9.17) is 5.73 Å². The molecule has 0 aliphatic carbocycles. The van der Waals surface area contributed by atoms with E-state index in [1.54, 1.807) is 0 Å². The summed E-state index contributed by atoms with van der Waals surface area (Å²) >= 11 is 3.17. The van der Waals surface area contributed by atoms with E-state index < -0.39 is 10.8 Å². The molecule has 1 aromatic carbocycles. The highest BCUT2D eigenvalue weighted by atomic mass is 79.9. The molecular formula is C12H9BrN4O3. The number of pyridine rings is 1. The fourth-order valence-corrected chi connectivity index (χ4v) is 1.99. The molecule has 0 unspecified atom stereocenters. The summed E-state index contributed by atoms with van der Waals surface area (Å²) in [6.07, 6.45) is 2.83. The number of nitro benzene ring substituents is 1. The number of carbonyl (C=O) groups is 1. The lowest BCUT2D eigenvalue weighted by atomic mass is 10.2. The highest BCUT2D eigenvalue weighted by molar-refractivity contribution is 9.10. The first kappa shape index (κ1) is 13.9. The SMILES string of the molecule is Nc1cnccc1C(=O)Nc1ccc([N+](=O)[O-])cc1Br. The van der Waals surface area contributed by atoms with E-state index >= 15 is 0 Å². The summed E-state index contributed by atoms with van der Waals surface area (Å²) in [5, 5.41) is 13.2. The molecule has 0 aliphatic rings. The van der Waals surface area contributed by atoms with Crippen molar-refractivity contribution in [2.24, 2.45) is 0 Å². The number of anilines is 2. The van der Waals surface area contributed by atoms with Crippen LogP contribution in [0, 0.1) is 10.1 Å². The van der Waals surface area contributed by atoms with Gasteiger partial charge in [-0.1, -0.05) is 0 Å². The van der Waals surface area contributed by atoms with Crippen LogP contribution in [0.2, 0.25) is 0 Å². The number of hydrogen-bond donors (Lipinski definition) is 2. The van der Waals surface area contributed by atoms with Gasteiger partial charge in [0.05, 0.1) is 28.1 Å². The number of rotatable bonds is 3. The number of nitrogens with one attached hydrogen (secondary N) is 1. The van der Waals surface area contributed by atoms with Gasteiger partial charge in [-0.25, -0.2) is 0 Å². The molecular weight excluding hydrogens is 328 g/mol. The molecule has 0 aliphatic heterocycles. The maximum atomic E-state index is 12.0. The van der Waals surface area contributed by atoms with Crippen molar-refractivity contribution in [3.05, 3.63) is 56.8 Å². The van der Waals surface area contributed by atoms with Crippen molar-refractivity contribution in [2.45, 2.75) is 0 Å². The van der Waals surface area contributed by atoms with E-state index in [-0.39, 0.29) is 16.9 Å². The fraction of sp³-hybridized carbons (Fsp3) is 0. The molecule has 8 heteroatoms. The average molecular weight is 337 g/mol. The van der Waals surface area contributed by atoms with Crippen LogP contribution in [0.4, 0.5) is 17.1 Å². The number of nitrogens with zero attached hydrogens (tertiary/aromatic N) is 2. The first-order chi connectivity index (χ1) is 9.49. The minimum atomic E-state index is -0.517. The van der Waals surface area contributed by atoms with E-state index in [0.29, 0.717) is 10.2 Å². The maximum Gasteiger partial charge on any atom is 0.270 e. The van der Waals surface area contributed by atoms with Crippen LogP contribution < -0.4 is 11.1 Å². The minimum Gasteiger partial charge on any atom is -0.397 e. The summed E-state index contributed by atoms with van der Waals surface area (Å²) in [5.74, 6) is -0.417. The molecule has 2 rings (SSSR count). The molecule has 1 heterocycles. The zero-order valence-corrected chi connectivity index (χ0v) is 11.6. The number of aromatic nitrogens is 1. The second-order valence-electron chi connectivity index (χ2n) is 3.84. The Labute approximate surface area is 122 Å². The smallest absolute Gasteiger partial charge is 0.270 e. The van der Waals surface area contributed by atoms with E-state index in [1.165, 1.54) is 36.7 Å². The van der Waals surface area contributed by atoms with Crippen LogP contribution in [0.1, 0.15) is 10.4 Å². The number of amides is 1. The van der Waals surface area contributed by atoms with E-state index in [9.17, 15) is 14.9 Å². The quantitative estimate of drug-likeness (QED) is 0.660. The van der Waals surface area contributed by atoms with Gasteiger partial charge in [0.25, 0.3) is 11.6 Å². The molecule has 0 saturated heterocycles. The van der Waals surface area contributed by atoms with E-state index in [0.717, 1.165) is 0 Å². The Morgan fingerprint density at radius 1 is 1.40 bits per heavy atom. The summed E-state index contributed by atoms with van der Waals surface area (Å²) in [7, 11) is 0. The van der Waals surface area contributed by atoms with Gasteiger partial charge in [0, 0.05) is 22.8 Å². The average Bonchev–Trinajstić information content (AvgIpc) is 2.41. The standard InChI is InChI=1S/C12H9BrN4O3/c13-9-5-7(17(19)20)1-2-11(9)16-12(18)8-3-4-15-6-10(8)14/h1-6H,14H2,(H,16,18). The van der Waals surface area contributed by atoms with Crippen LogP contribution in [-0.2, 0) is 0 Å². The molecule has 7 nitrogen and oxygen atoms in total. The minimum absolute atomic E-state index is 0.0710. The van der Waals surface area contributed by atoms with E-state index in [1.807, 2.05) is 0 Å². The predicted octanol–water partition coefficient (Wildman–Crippen LogP) is 2.59. The second-order valence-corrected chi connectivity index (χ2v) is 4.69. The lowest BCUT2D eigenvalue weighted by Gasteiger charge is -2.08. The first-order valence-electron chi connectivity index (χ1n) is 5.44. The molecule has 0 atom stereocenters. The van der Waals surface area contributed by atoms with Crippen molar-refractivity contribution in [1.82, 2.24) is 4.98 Å². The van der Waals surface area contributed by atoms with Crippen molar-refractivity contribution in [1.29, 1.82) is 0 Å². The van der Waals surface area contributed by atoms with Crippen LogP contribution in [0.15, 0.2) is 41.1 Å². The van der Waals surface area contributed by atoms with Crippen LogP contribution >= 0.6 is 15.9 Å². The van der Waals surface area contributed by atoms with Gasteiger partial charge in [-0.15, -0.1) is 0 Å². The monoisotopic (exact) mass is 336 g/mol. The predicted molar refractivity (Wildman–Crippen MR) is 77.4 cm³/mol. The molecule has 0 fully saturated rings. The van der Waals surface area contributed by atoms with Crippen molar-refractivity contribution in [2.75, 3.05) is 11.1 Å². The Bertz CT molecular complexity index is 690. The first-order valence-corrected chi connectivity index (χ1v) is 6.23. The Morgan fingerprint density at radius 2 is 2.15 bits per heavy atom. The molecule has 0 saturated carbocycles. The molecule has 1 amide bonds. The van der Waals surface area contributed by atoms with Crippen molar-refractivity contribution < 1.29 is 9.72 Å². The van der Waals surface area contributed by atoms with Gasteiger partial charge >= 0.3 is 0 Å². The zero-order chi connectivity index (χ0) is 14.7. The van der Waals surface area contributed by atoms with Crippen LogP contribution in [-0.4, -0.2) is 15.8 Å². The number of non-ortho nitro benzene ring substituents is 1. The Hall–Kier alpha value is -2.48. The maximum absolute atomic E-state index is 12.0. The summed E-state index contributed by atoms with van der Waals surface area (Å²) < 4.78 is 0.410. The molecule has 1 aromatic heterocycles. The number of nitrogen functional groups attached to an aromatic ring is 1. The molecule has 2 aromatic rings. The summed E-state index contributed by atoms with van der Waals surface area (Å²) in [5.41, 5.74) is 6.53. The van der Waals surface area contributed by atoms with Gasteiger partial charge in [-0.3, -0.25) is 19.9 Å². The van der Waals surface area contributed by atoms with Crippen LogP contribution in [0.3, 0.4) is 0 Å². The number of nitro groups is 1. The van der Waals surface area contributed by atoms with Gasteiger partial charge in [0.1, 0.15) is 0 Å². The Balaban J connectivity index is 2.25. The third-order valence-electron chi connectivity index (χ3n) is 2.51. The topological polar surface area (TPSA) is 111 Å². The number of carbonyl (C=O) groups excluding carboxylic acids is 1. The molecule has 0 spiro atoms. The van der Waals surface area contributed by atoms with Crippen molar-refractivity contribution >= 4 is 38.9 Å². The summed E-state index contributed by atoms with van der Waals surface area (Å²) in [6.45, 7) is 0. The lowest BCUT2D eigenvalue weighted by Crippen LogP contribution is -2.14. The molecule has 0 radical (unpaired) electrons. The third-order valence-corrected chi connectivity index (χ3v) is 3.16. The van der Waals surface area contributed by atoms with E-state index in [2.05, 4.69) is 26.2 Å². The van der Waals surface area contributed by atoms with Crippen LogP contribution in [0.25, 0.3) is 0 Å². The third kappa shape index (κ3) is 2.91. The number of nitrogens with two attached hydrogens (primary N) is 1. The highest BCUT2D eigenvalue weighted by Gasteiger charge is 2.13. The van der Waals surface area contributed by atoms with Gasteiger partial charge in [-0.2, -0.15) is 0 Å². The largest absolute Gasteiger partial charge is 0.397 e. The highest BCUT2D eigenvalue weighted by Crippen LogP contribution is 2.27. The molecule has 0 bridgehead atoms.